The van der Waals surface area contributed by atoms with Crippen LogP contribution >= 0.6 is 11.6 Å². The number of nitrogens with zero attached hydrogens (tertiary/aromatic N) is 13. The van der Waals surface area contributed by atoms with Gasteiger partial charge in [0.2, 0.25) is 11.9 Å². The number of piperidine rings is 3. The first-order valence-corrected chi connectivity index (χ1v) is 25.9. The van der Waals surface area contributed by atoms with Crippen molar-refractivity contribution in [2.75, 3.05) is 85.0 Å². The Morgan fingerprint density at radius 2 is 1.70 bits per heavy atom. The molecule has 9 heterocycles. The number of likely N-dealkylation sites (tertiary alicyclic amines) is 1. The van der Waals surface area contributed by atoms with Crippen molar-refractivity contribution in [1.29, 1.82) is 5.26 Å². The molecule has 14 nitrogen and oxygen atoms in total. The topological polar surface area (TPSA) is 122 Å². The maximum Gasteiger partial charge on any atom is 0.264 e. The maximum absolute atomic E-state index is 14.8. The first-order chi connectivity index (χ1) is 33.9. The van der Waals surface area contributed by atoms with E-state index in [-0.39, 0.29) is 22.9 Å². The Bertz CT molecular complexity index is 2760. The van der Waals surface area contributed by atoms with Crippen molar-refractivity contribution in [2.45, 2.75) is 103 Å². The molecule has 2 aromatic carbocycles. The fourth-order valence-corrected chi connectivity index (χ4v) is 13.0. The smallest absolute Gasteiger partial charge is 0.264 e. The number of nitriles is 1. The third kappa shape index (κ3) is 8.97. The van der Waals surface area contributed by atoms with Gasteiger partial charge >= 0.3 is 0 Å². The van der Waals surface area contributed by atoms with Crippen LogP contribution in [0.1, 0.15) is 106 Å². The van der Waals surface area contributed by atoms with Gasteiger partial charge in [0.05, 0.1) is 47.5 Å². The number of aromatic nitrogens is 6. The van der Waals surface area contributed by atoms with E-state index in [4.69, 9.17) is 26.7 Å². The molecular formula is C53H64ClF2N13O. The molecule has 11 rings (SSSR count). The van der Waals surface area contributed by atoms with Crippen molar-refractivity contribution in [1.82, 2.24) is 39.3 Å². The summed E-state index contributed by atoms with van der Waals surface area (Å²) in [6, 6.07) is 12.3. The van der Waals surface area contributed by atoms with Gasteiger partial charge in [-0.05, 0) is 118 Å². The molecule has 0 N–H and O–H groups in total. The first-order valence-electron chi connectivity index (χ1n) is 25.5. The summed E-state index contributed by atoms with van der Waals surface area (Å²) in [6.45, 7) is 13.7. The van der Waals surface area contributed by atoms with E-state index >= 15 is 0 Å². The van der Waals surface area contributed by atoms with E-state index in [2.05, 4.69) is 47.3 Å². The fraction of sp³-hybridized carbons (Fsp3) is 0.547. The number of aryl methyl sites for hydroxylation is 2. The van der Waals surface area contributed by atoms with Crippen LogP contribution < -0.4 is 19.6 Å². The number of amides is 1. The Labute approximate surface area is 414 Å². The number of alkyl halides is 2. The van der Waals surface area contributed by atoms with Crippen LogP contribution in [0.25, 0.3) is 11.1 Å². The zero-order chi connectivity index (χ0) is 48.3. The van der Waals surface area contributed by atoms with E-state index in [1.54, 1.807) is 37.1 Å². The van der Waals surface area contributed by atoms with Crippen molar-refractivity contribution < 1.29 is 13.6 Å². The molecule has 0 bridgehead atoms. The van der Waals surface area contributed by atoms with Crippen molar-refractivity contribution in [3.63, 3.8) is 0 Å². The minimum Gasteiger partial charge on any atom is -0.369 e. The lowest BCUT2D eigenvalue weighted by Gasteiger charge is -2.40. The van der Waals surface area contributed by atoms with E-state index in [1.807, 2.05) is 41.6 Å². The van der Waals surface area contributed by atoms with Gasteiger partial charge in [-0.3, -0.25) is 14.2 Å². The highest BCUT2D eigenvalue weighted by Gasteiger charge is 2.44. The summed E-state index contributed by atoms with van der Waals surface area (Å²) in [4.78, 5) is 36.5. The number of carbonyl (C=O) groups excluding carboxylic acids is 1. The molecule has 368 valence electrons. The lowest BCUT2D eigenvalue weighted by atomic mass is 9.76. The zero-order valence-corrected chi connectivity index (χ0v) is 41.5. The van der Waals surface area contributed by atoms with Gasteiger partial charge in [-0.2, -0.15) is 15.5 Å². The zero-order valence-electron chi connectivity index (χ0n) is 40.7. The number of anilines is 5. The van der Waals surface area contributed by atoms with Gasteiger partial charge in [-0.25, -0.2) is 18.7 Å². The highest BCUT2D eigenvalue weighted by molar-refractivity contribution is 6.32. The lowest BCUT2D eigenvalue weighted by Crippen LogP contribution is -2.43. The molecule has 5 aromatic rings. The molecular weight excluding hydrogens is 908 g/mol. The van der Waals surface area contributed by atoms with Gasteiger partial charge in [0.25, 0.3) is 6.43 Å². The van der Waals surface area contributed by atoms with E-state index in [1.165, 1.54) is 5.69 Å². The predicted molar refractivity (Wildman–Crippen MR) is 269 cm³/mol. The molecule has 4 fully saturated rings. The van der Waals surface area contributed by atoms with Crippen molar-refractivity contribution in [3.8, 4) is 17.2 Å². The van der Waals surface area contributed by atoms with Gasteiger partial charge in [0.15, 0.2) is 5.82 Å². The highest BCUT2D eigenvalue weighted by atomic mass is 35.5. The van der Waals surface area contributed by atoms with E-state index in [0.717, 1.165) is 157 Å². The average molecular weight is 973 g/mol. The number of carbonyl (C=O) groups is 1. The molecule has 6 aliphatic heterocycles. The molecule has 70 heavy (non-hydrogen) atoms. The minimum atomic E-state index is -2.65. The highest BCUT2D eigenvalue weighted by Crippen LogP contribution is 2.47. The molecule has 1 amide bonds. The molecule has 1 spiro atoms. The van der Waals surface area contributed by atoms with Gasteiger partial charge in [-0.1, -0.05) is 11.6 Å². The first kappa shape index (κ1) is 46.6. The summed E-state index contributed by atoms with van der Waals surface area (Å²) in [5.74, 6) is 2.29. The Hall–Kier alpha value is -5.79. The maximum atomic E-state index is 14.8. The Morgan fingerprint density at radius 3 is 2.39 bits per heavy atom. The van der Waals surface area contributed by atoms with Gasteiger partial charge in [0, 0.05) is 132 Å². The summed E-state index contributed by atoms with van der Waals surface area (Å²) < 4.78 is 33.5. The summed E-state index contributed by atoms with van der Waals surface area (Å²) in [7, 11) is 1.80. The largest absolute Gasteiger partial charge is 0.369 e. The van der Waals surface area contributed by atoms with Crippen LogP contribution in [-0.4, -0.2) is 117 Å². The third-order valence-corrected chi connectivity index (χ3v) is 17.0. The fourth-order valence-electron chi connectivity index (χ4n) is 12.8. The van der Waals surface area contributed by atoms with Crippen LogP contribution in [0.4, 0.5) is 37.6 Å². The Kier molecular flexibility index (Phi) is 12.7. The number of benzene rings is 2. The standard InChI is InChI=1S/C53H64ClF2N13O/c1-35-26-53(34-68(35)42-7-6-39(27-57)47(54)24-42)13-21-64(22-14-53)43-29-58-52(59-30-43)65-18-8-37(9-19-65)31-63-16-10-41(11-17-63)69-48-12-20-66(36(2)70)33-46(48)51(61-69)67-15-4-5-38-23-44(40-28-60-62(3)32-40)45(50(55)56)25-49(38)67/h6-7,23-25,28-30,32,35,37,41,50H,4-5,8-22,26,31,33-34H2,1-3H3/t35-/m0/s1. The molecule has 1 atom stereocenters. The van der Waals surface area contributed by atoms with Crippen LogP contribution in [0, 0.1) is 22.7 Å². The van der Waals surface area contributed by atoms with Crippen LogP contribution in [-0.2, 0) is 31.2 Å². The predicted octanol–water partition coefficient (Wildman–Crippen LogP) is 8.96. The number of halogens is 3. The molecule has 3 aromatic heterocycles. The minimum absolute atomic E-state index is 0.00124. The Morgan fingerprint density at radius 1 is 0.929 bits per heavy atom. The average Bonchev–Trinajstić information content (AvgIpc) is 4.08. The van der Waals surface area contributed by atoms with Crippen LogP contribution in [0.15, 0.2) is 55.1 Å². The third-order valence-electron chi connectivity index (χ3n) is 16.7. The summed E-state index contributed by atoms with van der Waals surface area (Å²) in [5, 5.41) is 19.5. The van der Waals surface area contributed by atoms with Gasteiger partial charge in [-0.15, -0.1) is 0 Å². The Balaban J connectivity index is 0.693. The van der Waals surface area contributed by atoms with E-state index in [0.29, 0.717) is 53.3 Å². The quantitative estimate of drug-likeness (QED) is 0.141. The SMILES string of the molecule is CC(=O)N1CCc2c(c(N3CCCc4cc(-c5cnn(C)c5)c(C(F)F)cc43)nn2C2CCN(CC3CCN(c4ncc(N5CCC6(CC5)C[C@H](C)N(c5ccc(C#N)c(Cl)c5)C6)cn4)CC3)CC2)C1. The van der Waals surface area contributed by atoms with Gasteiger partial charge in [0.1, 0.15) is 6.07 Å². The van der Waals surface area contributed by atoms with Crippen molar-refractivity contribution >= 4 is 46.3 Å². The van der Waals surface area contributed by atoms with Crippen molar-refractivity contribution in [3.05, 3.63) is 88.1 Å². The van der Waals surface area contributed by atoms with E-state index < -0.39 is 6.43 Å². The van der Waals surface area contributed by atoms with E-state index in [9.17, 15) is 18.8 Å². The molecule has 0 radical (unpaired) electrons. The molecule has 0 unspecified atom stereocenters. The monoisotopic (exact) mass is 972 g/mol. The number of hydrogen-bond acceptors (Lipinski definition) is 11. The van der Waals surface area contributed by atoms with Crippen LogP contribution in [0.5, 0.6) is 0 Å². The molecule has 17 heteroatoms. The molecule has 6 aliphatic rings. The second-order valence-corrected chi connectivity index (χ2v) is 21.5. The summed E-state index contributed by atoms with van der Waals surface area (Å²) >= 11 is 6.42. The van der Waals surface area contributed by atoms with Gasteiger partial charge < -0.3 is 29.4 Å². The van der Waals surface area contributed by atoms with Crippen molar-refractivity contribution in [2.24, 2.45) is 18.4 Å². The second-order valence-electron chi connectivity index (χ2n) is 21.1. The van der Waals surface area contributed by atoms with Crippen LogP contribution in [0.2, 0.25) is 5.02 Å². The molecule has 0 saturated carbocycles. The number of hydrogen-bond donors (Lipinski definition) is 0. The molecule has 4 saturated heterocycles. The number of fused-ring (bicyclic) bond motifs is 2. The lowest BCUT2D eigenvalue weighted by molar-refractivity contribution is -0.129. The normalized spacial score (nSPS) is 21.2. The number of rotatable bonds is 9. The second kappa shape index (κ2) is 19.1. The summed E-state index contributed by atoms with van der Waals surface area (Å²) in [6.07, 6.45) is 14.8. The summed E-state index contributed by atoms with van der Waals surface area (Å²) in [5.41, 5.74) is 8.26. The van der Waals surface area contributed by atoms with Crippen LogP contribution in [0.3, 0.4) is 0 Å². The molecule has 0 aliphatic carbocycles.